The summed E-state index contributed by atoms with van der Waals surface area (Å²) in [7, 11) is 0. The van der Waals surface area contributed by atoms with Crippen molar-refractivity contribution in [3.8, 4) is 0 Å². The first-order valence-electron chi connectivity index (χ1n) is 13.1. The second-order valence-corrected chi connectivity index (χ2v) is 10.5. The van der Waals surface area contributed by atoms with E-state index in [0.29, 0.717) is 37.5 Å². The summed E-state index contributed by atoms with van der Waals surface area (Å²) in [5.41, 5.74) is 2.46. The maximum absolute atomic E-state index is 13.3. The van der Waals surface area contributed by atoms with Crippen molar-refractivity contribution in [1.29, 1.82) is 0 Å². The van der Waals surface area contributed by atoms with Crippen LogP contribution in [0.3, 0.4) is 0 Å². The van der Waals surface area contributed by atoms with Crippen LogP contribution in [0, 0.1) is 17.7 Å². The van der Waals surface area contributed by atoms with Crippen molar-refractivity contribution in [2.24, 2.45) is 11.8 Å². The predicted molar refractivity (Wildman–Crippen MR) is 145 cm³/mol. The molecule has 2 aromatic carbocycles. The van der Waals surface area contributed by atoms with Gasteiger partial charge >= 0.3 is 0 Å². The Bertz CT molecular complexity index is 1050. The molecule has 0 aromatic heterocycles. The molecule has 200 valence electrons. The molecule has 7 nitrogen and oxygen atoms in total. The predicted octanol–water partition coefficient (Wildman–Crippen LogP) is 4.53. The van der Waals surface area contributed by atoms with E-state index in [4.69, 9.17) is 0 Å². The zero-order valence-corrected chi connectivity index (χ0v) is 22.4. The monoisotopic (exact) mass is 510 g/mol. The topological polar surface area (TPSA) is 73.0 Å². The molecule has 0 spiro atoms. The van der Waals surface area contributed by atoms with E-state index in [-0.39, 0.29) is 42.5 Å². The van der Waals surface area contributed by atoms with E-state index in [2.05, 4.69) is 24.1 Å². The molecule has 0 aliphatic carbocycles. The summed E-state index contributed by atoms with van der Waals surface area (Å²) in [4.78, 5) is 43.6. The third-order valence-corrected chi connectivity index (χ3v) is 6.29. The number of halogens is 1. The first-order valence-corrected chi connectivity index (χ1v) is 13.1. The number of hydrogen-bond donors (Lipinski definition) is 1. The van der Waals surface area contributed by atoms with Gasteiger partial charge in [0.05, 0.1) is 0 Å². The fourth-order valence-electron chi connectivity index (χ4n) is 4.34. The molecular formula is C29H39FN4O3. The lowest BCUT2D eigenvalue weighted by atomic mass is 10.1. The van der Waals surface area contributed by atoms with Crippen molar-refractivity contribution >= 4 is 29.1 Å². The molecule has 3 amide bonds. The fraction of sp³-hybridized carbons (Fsp3) is 0.483. The minimum Gasteiger partial charge on any atom is -0.368 e. The molecule has 1 aliphatic rings. The summed E-state index contributed by atoms with van der Waals surface area (Å²) < 4.78 is 13.3. The Labute approximate surface area is 219 Å². The molecule has 0 bridgehead atoms. The lowest BCUT2D eigenvalue weighted by Gasteiger charge is -2.36. The van der Waals surface area contributed by atoms with Crippen LogP contribution in [0.25, 0.3) is 0 Å². The summed E-state index contributed by atoms with van der Waals surface area (Å²) in [6, 6.07) is 13.6. The van der Waals surface area contributed by atoms with Crippen LogP contribution in [0.15, 0.2) is 48.5 Å². The Kier molecular flexibility index (Phi) is 10.1. The minimum absolute atomic E-state index is 0.0863. The van der Waals surface area contributed by atoms with Crippen LogP contribution in [0.1, 0.15) is 46.1 Å². The molecule has 37 heavy (non-hydrogen) atoms. The van der Waals surface area contributed by atoms with E-state index in [1.807, 2.05) is 43.0 Å². The highest BCUT2D eigenvalue weighted by atomic mass is 19.1. The van der Waals surface area contributed by atoms with Crippen molar-refractivity contribution in [1.82, 2.24) is 9.80 Å². The van der Waals surface area contributed by atoms with E-state index in [9.17, 15) is 18.8 Å². The van der Waals surface area contributed by atoms with Crippen LogP contribution in [0.2, 0.25) is 0 Å². The van der Waals surface area contributed by atoms with Gasteiger partial charge in [-0.25, -0.2) is 4.39 Å². The molecule has 1 aliphatic heterocycles. The number of anilines is 2. The van der Waals surface area contributed by atoms with Gasteiger partial charge in [-0.3, -0.25) is 14.4 Å². The van der Waals surface area contributed by atoms with Gasteiger partial charge in [-0.05, 0) is 53.8 Å². The van der Waals surface area contributed by atoms with Crippen molar-refractivity contribution in [2.75, 3.05) is 42.9 Å². The van der Waals surface area contributed by atoms with Gasteiger partial charge in [0.25, 0.3) is 0 Å². The van der Waals surface area contributed by atoms with Gasteiger partial charge in [-0.1, -0.05) is 39.8 Å². The Morgan fingerprint density at radius 1 is 0.865 bits per heavy atom. The van der Waals surface area contributed by atoms with E-state index in [1.165, 1.54) is 17.0 Å². The van der Waals surface area contributed by atoms with Crippen LogP contribution in [0.5, 0.6) is 0 Å². The lowest BCUT2D eigenvalue weighted by Crippen LogP contribution is -2.49. The normalized spacial score (nSPS) is 13.7. The number of amides is 3. The van der Waals surface area contributed by atoms with E-state index in [1.54, 1.807) is 12.1 Å². The summed E-state index contributed by atoms with van der Waals surface area (Å²) in [5, 5.41) is 2.88. The maximum atomic E-state index is 13.3. The van der Waals surface area contributed by atoms with Crippen LogP contribution in [-0.2, 0) is 20.9 Å². The number of carbonyl (C=O) groups excluding carboxylic acids is 3. The van der Waals surface area contributed by atoms with E-state index < -0.39 is 0 Å². The maximum Gasteiger partial charge on any atom is 0.244 e. The number of nitrogens with one attached hydrogen (secondary N) is 1. The quantitative estimate of drug-likeness (QED) is 0.510. The molecule has 1 fully saturated rings. The Balaban J connectivity index is 1.55. The first-order chi connectivity index (χ1) is 17.6. The molecular weight excluding hydrogens is 471 g/mol. The number of benzene rings is 2. The molecule has 2 aromatic rings. The molecule has 3 rings (SSSR count). The van der Waals surface area contributed by atoms with Crippen molar-refractivity contribution in [3.63, 3.8) is 0 Å². The summed E-state index contributed by atoms with van der Waals surface area (Å²) >= 11 is 0. The van der Waals surface area contributed by atoms with Crippen molar-refractivity contribution in [2.45, 2.75) is 47.1 Å². The van der Waals surface area contributed by atoms with Crippen LogP contribution in [-0.4, -0.2) is 60.2 Å². The molecule has 1 saturated heterocycles. The third-order valence-electron chi connectivity index (χ3n) is 6.29. The molecule has 1 heterocycles. The number of nitrogens with zero attached hydrogens (tertiary/aromatic N) is 3. The Morgan fingerprint density at radius 3 is 2.03 bits per heavy atom. The van der Waals surface area contributed by atoms with Gasteiger partial charge in [-0.15, -0.1) is 0 Å². The molecule has 0 radical (unpaired) electrons. The van der Waals surface area contributed by atoms with E-state index >= 15 is 0 Å². The van der Waals surface area contributed by atoms with Crippen molar-refractivity contribution in [3.05, 3.63) is 59.9 Å². The average molecular weight is 511 g/mol. The average Bonchev–Trinajstić information content (AvgIpc) is 2.84. The standard InChI is InChI=1S/C29H39FN4O3/c1-21(2)17-28(36)33-15-13-32(14-16-33)26-11-9-25(10-12-26)31-27(35)20-34(29(37)18-22(3)4)19-23-5-7-24(30)8-6-23/h5-12,21-22H,13-20H2,1-4H3,(H,31,35). The number of piperazine rings is 1. The van der Waals surface area contributed by atoms with Crippen LogP contribution in [0.4, 0.5) is 15.8 Å². The fourth-order valence-corrected chi connectivity index (χ4v) is 4.34. The van der Waals surface area contributed by atoms with Gasteiger partial charge in [-0.2, -0.15) is 0 Å². The SMILES string of the molecule is CC(C)CC(=O)N1CCN(c2ccc(NC(=O)CN(Cc3ccc(F)cc3)C(=O)CC(C)C)cc2)CC1. The van der Waals surface area contributed by atoms with Gasteiger partial charge < -0.3 is 20.0 Å². The van der Waals surface area contributed by atoms with Gasteiger partial charge in [0, 0.05) is 56.9 Å². The number of hydrogen-bond acceptors (Lipinski definition) is 4. The second-order valence-electron chi connectivity index (χ2n) is 10.5. The third kappa shape index (κ3) is 8.88. The highest BCUT2D eigenvalue weighted by molar-refractivity contribution is 5.94. The molecule has 0 unspecified atom stereocenters. The first kappa shape index (κ1) is 28.2. The van der Waals surface area contributed by atoms with Gasteiger partial charge in [0.1, 0.15) is 12.4 Å². The highest BCUT2D eigenvalue weighted by Gasteiger charge is 2.22. The summed E-state index contributed by atoms with van der Waals surface area (Å²) in [5.74, 6) is -0.00902. The second kappa shape index (κ2) is 13.2. The highest BCUT2D eigenvalue weighted by Crippen LogP contribution is 2.20. The number of rotatable bonds is 10. The largest absolute Gasteiger partial charge is 0.368 e. The molecule has 1 N–H and O–H groups in total. The molecule has 0 saturated carbocycles. The number of carbonyl (C=O) groups is 3. The summed E-state index contributed by atoms with van der Waals surface area (Å²) in [6.45, 7) is 11.1. The van der Waals surface area contributed by atoms with Crippen molar-refractivity contribution < 1.29 is 18.8 Å². The lowest BCUT2D eigenvalue weighted by molar-refractivity contribution is -0.136. The Morgan fingerprint density at radius 2 is 1.46 bits per heavy atom. The zero-order valence-electron chi connectivity index (χ0n) is 22.4. The zero-order chi connectivity index (χ0) is 26.9. The molecule has 8 heteroatoms. The van der Waals surface area contributed by atoms with Crippen LogP contribution >= 0.6 is 0 Å². The van der Waals surface area contributed by atoms with E-state index in [0.717, 1.165) is 24.3 Å². The smallest absolute Gasteiger partial charge is 0.244 e. The Hall–Kier alpha value is -3.42. The van der Waals surface area contributed by atoms with Crippen LogP contribution < -0.4 is 10.2 Å². The van der Waals surface area contributed by atoms with Gasteiger partial charge in [0.15, 0.2) is 0 Å². The summed E-state index contributed by atoms with van der Waals surface area (Å²) in [6.07, 6.45) is 0.915. The molecule has 0 atom stereocenters. The minimum atomic E-state index is -0.341. The van der Waals surface area contributed by atoms with Gasteiger partial charge in [0.2, 0.25) is 17.7 Å².